The van der Waals surface area contributed by atoms with Crippen LogP contribution in [0.15, 0.2) is 18.2 Å². The number of benzene rings is 1. The molecule has 0 fully saturated rings. The Labute approximate surface area is 119 Å². The first-order chi connectivity index (χ1) is 9.36. The predicted molar refractivity (Wildman–Crippen MR) is 74.6 cm³/mol. The molecule has 1 heterocycles. The number of aryl methyl sites for hydroxylation is 2. The molecule has 1 aromatic carbocycles. The topological polar surface area (TPSA) is 101 Å². The first-order valence-electron chi connectivity index (χ1n) is 5.63. The highest BCUT2D eigenvalue weighted by Gasteiger charge is 2.16. The normalized spacial score (nSPS) is 10.3. The van der Waals surface area contributed by atoms with Crippen molar-refractivity contribution in [2.45, 2.75) is 13.8 Å². The van der Waals surface area contributed by atoms with Crippen molar-refractivity contribution in [1.29, 1.82) is 0 Å². The number of aromatic hydroxyl groups is 1. The molecule has 104 valence electrons. The van der Waals surface area contributed by atoms with Gasteiger partial charge in [0.15, 0.2) is 5.75 Å². The molecule has 0 unspecified atom stereocenters. The fourth-order valence-electron chi connectivity index (χ4n) is 1.69. The van der Waals surface area contributed by atoms with E-state index in [9.17, 15) is 15.2 Å². The number of phenolic OH excluding ortho intramolecular Hbond substituents is 1. The number of hydrogen-bond acceptors (Lipinski definition) is 6. The quantitative estimate of drug-likeness (QED) is 0.512. The molecule has 0 radical (unpaired) electrons. The maximum atomic E-state index is 10.8. The number of nitrogens with zero attached hydrogens (tertiary/aromatic N) is 3. The van der Waals surface area contributed by atoms with Gasteiger partial charge < -0.3 is 10.4 Å². The van der Waals surface area contributed by atoms with Gasteiger partial charge in [0.25, 0.3) is 5.69 Å². The number of non-ortho nitro benzene ring substituents is 1. The molecule has 1 aromatic heterocycles. The van der Waals surface area contributed by atoms with Gasteiger partial charge >= 0.3 is 0 Å². The van der Waals surface area contributed by atoms with Crippen LogP contribution in [0.1, 0.15) is 11.4 Å². The largest absolute Gasteiger partial charge is 0.504 e. The highest BCUT2D eigenvalue weighted by atomic mass is 35.5. The van der Waals surface area contributed by atoms with E-state index in [0.29, 0.717) is 0 Å². The molecule has 0 atom stereocenters. The van der Waals surface area contributed by atoms with E-state index in [0.717, 1.165) is 17.5 Å². The van der Waals surface area contributed by atoms with E-state index >= 15 is 0 Å². The maximum absolute atomic E-state index is 10.8. The number of rotatable bonds is 3. The molecule has 0 aliphatic carbocycles. The zero-order valence-electron chi connectivity index (χ0n) is 10.7. The summed E-state index contributed by atoms with van der Waals surface area (Å²) in [4.78, 5) is 18.4. The summed E-state index contributed by atoms with van der Waals surface area (Å²) in [7, 11) is 0. The van der Waals surface area contributed by atoms with E-state index in [1.165, 1.54) is 6.07 Å². The Bertz CT molecular complexity index is 670. The zero-order chi connectivity index (χ0) is 14.9. The Morgan fingerprint density at radius 3 is 2.40 bits per heavy atom. The van der Waals surface area contributed by atoms with Gasteiger partial charge in [0.2, 0.25) is 5.95 Å². The smallest absolute Gasteiger partial charge is 0.273 e. The summed E-state index contributed by atoms with van der Waals surface area (Å²) in [6.45, 7) is 3.58. The van der Waals surface area contributed by atoms with Gasteiger partial charge in [-0.25, -0.2) is 9.97 Å². The number of halogens is 1. The van der Waals surface area contributed by atoms with Gasteiger partial charge in [-0.1, -0.05) is 11.6 Å². The molecular weight excluding hydrogens is 284 g/mol. The van der Waals surface area contributed by atoms with Crippen molar-refractivity contribution in [2.24, 2.45) is 0 Å². The molecular formula is C12H11ClN4O3. The van der Waals surface area contributed by atoms with E-state index in [4.69, 9.17) is 11.6 Å². The van der Waals surface area contributed by atoms with E-state index in [1.807, 2.05) is 0 Å². The summed E-state index contributed by atoms with van der Waals surface area (Å²) in [5.41, 5.74) is 1.31. The Balaban J connectivity index is 2.44. The molecule has 0 bridgehead atoms. The van der Waals surface area contributed by atoms with E-state index in [1.54, 1.807) is 19.9 Å². The molecule has 20 heavy (non-hydrogen) atoms. The molecule has 0 saturated carbocycles. The fourth-order valence-corrected chi connectivity index (χ4v) is 1.90. The number of hydrogen-bond donors (Lipinski definition) is 2. The lowest BCUT2D eigenvalue weighted by Crippen LogP contribution is -2.01. The lowest BCUT2D eigenvalue weighted by Gasteiger charge is -2.09. The fraction of sp³-hybridized carbons (Fsp3) is 0.167. The summed E-state index contributed by atoms with van der Waals surface area (Å²) < 4.78 is 0. The molecule has 0 amide bonds. The minimum atomic E-state index is -0.598. The third-order valence-corrected chi connectivity index (χ3v) is 2.78. The first-order valence-corrected chi connectivity index (χ1v) is 6.01. The molecule has 8 heteroatoms. The van der Waals surface area contributed by atoms with Crippen molar-refractivity contribution < 1.29 is 10.0 Å². The van der Waals surface area contributed by atoms with Gasteiger partial charge in [-0.05, 0) is 19.9 Å². The van der Waals surface area contributed by atoms with Crippen LogP contribution in [0.3, 0.4) is 0 Å². The summed E-state index contributed by atoms with van der Waals surface area (Å²) in [5, 5.41) is 23.2. The highest BCUT2D eigenvalue weighted by Crippen LogP contribution is 2.37. The summed E-state index contributed by atoms with van der Waals surface area (Å²) in [5.74, 6) is -0.0607. The van der Waals surface area contributed by atoms with Crippen LogP contribution in [-0.2, 0) is 0 Å². The second kappa shape index (κ2) is 5.30. The van der Waals surface area contributed by atoms with Crippen LogP contribution in [0.25, 0.3) is 0 Å². The van der Waals surface area contributed by atoms with Crippen LogP contribution in [0.4, 0.5) is 17.3 Å². The Kier molecular flexibility index (Phi) is 3.71. The van der Waals surface area contributed by atoms with Crippen molar-refractivity contribution >= 4 is 28.9 Å². The molecule has 2 rings (SSSR count). The number of aromatic nitrogens is 2. The summed E-state index contributed by atoms with van der Waals surface area (Å²) >= 11 is 5.76. The second-order valence-corrected chi connectivity index (χ2v) is 4.59. The average molecular weight is 295 g/mol. The lowest BCUT2D eigenvalue weighted by atomic mass is 10.2. The minimum absolute atomic E-state index is 0.0780. The predicted octanol–water partition coefficient (Wildman–Crippen LogP) is 3.10. The standard InChI is InChI=1S/C12H11ClN4O3/c1-6-3-7(2)15-12(14-6)16-10-5-8(17(19)20)4-9(13)11(10)18/h3-5,18H,1-2H3,(H,14,15,16). The zero-order valence-corrected chi connectivity index (χ0v) is 11.5. The first kappa shape index (κ1) is 14.0. The summed E-state index contributed by atoms with van der Waals surface area (Å²) in [6.07, 6.45) is 0. The third-order valence-electron chi connectivity index (χ3n) is 2.49. The number of anilines is 2. The van der Waals surface area contributed by atoms with Crippen LogP contribution in [-0.4, -0.2) is 20.0 Å². The van der Waals surface area contributed by atoms with Gasteiger partial charge in [0.05, 0.1) is 15.6 Å². The average Bonchev–Trinajstić information content (AvgIpc) is 2.33. The van der Waals surface area contributed by atoms with Crippen LogP contribution >= 0.6 is 11.6 Å². The molecule has 2 N–H and O–H groups in total. The van der Waals surface area contributed by atoms with Gasteiger partial charge in [0, 0.05) is 23.5 Å². The van der Waals surface area contributed by atoms with Crippen LogP contribution < -0.4 is 5.32 Å². The van der Waals surface area contributed by atoms with Crippen LogP contribution in [0.2, 0.25) is 5.02 Å². The van der Waals surface area contributed by atoms with Crippen molar-refractivity contribution in [3.63, 3.8) is 0 Å². The highest BCUT2D eigenvalue weighted by molar-refractivity contribution is 6.32. The minimum Gasteiger partial charge on any atom is -0.504 e. The van der Waals surface area contributed by atoms with Crippen molar-refractivity contribution in [1.82, 2.24) is 9.97 Å². The van der Waals surface area contributed by atoms with Crippen molar-refractivity contribution in [3.8, 4) is 5.75 Å². The van der Waals surface area contributed by atoms with Gasteiger partial charge in [-0.3, -0.25) is 10.1 Å². The Morgan fingerprint density at radius 1 is 1.25 bits per heavy atom. The van der Waals surface area contributed by atoms with Gasteiger partial charge in [0.1, 0.15) is 0 Å². The number of nitro groups is 1. The number of nitro benzene ring substituents is 1. The maximum Gasteiger partial charge on any atom is 0.273 e. The molecule has 0 aliphatic heterocycles. The molecule has 7 nitrogen and oxygen atoms in total. The van der Waals surface area contributed by atoms with Crippen molar-refractivity contribution in [3.05, 3.63) is 44.7 Å². The number of nitrogens with one attached hydrogen (secondary N) is 1. The van der Waals surface area contributed by atoms with Gasteiger partial charge in [-0.15, -0.1) is 0 Å². The van der Waals surface area contributed by atoms with E-state index in [-0.39, 0.29) is 28.1 Å². The molecule has 0 saturated heterocycles. The molecule has 0 spiro atoms. The molecule has 0 aliphatic rings. The second-order valence-electron chi connectivity index (χ2n) is 4.18. The lowest BCUT2D eigenvalue weighted by molar-refractivity contribution is -0.384. The van der Waals surface area contributed by atoms with E-state index < -0.39 is 4.92 Å². The van der Waals surface area contributed by atoms with Crippen LogP contribution in [0.5, 0.6) is 5.75 Å². The Morgan fingerprint density at radius 2 is 1.85 bits per heavy atom. The monoisotopic (exact) mass is 294 g/mol. The SMILES string of the molecule is Cc1cc(C)nc(Nc2cc([N+](=O)[O-])cc(Cl)c2O)n1. The summed E-state index contributed by atoms with van der Waals surface area (Å²) in [6, 6.07) is 4.03. The van der Waals surface area contributed by atoms with Gasteiger partial charge in [-0.2, -0.15) is 0 Å². The third kappa shape index (κ3) is 2.94. The molecule has 2 aromatic rings. The van der Waals surface area contributed by atoms with E-state index in [2.05, 4.69) is 15.3 Å². The van der Waals surface area contributed by atoms with Crippen LogP contribution in [0, 0.1) is 24.0 Å². The number of phenols is 1. The van der Waals surface area contributed by atoms with Crippen molar-refractivity contribution in [2.75, 3.05) is 5.32 Å². The Hall–Kier alpha value is -2.41.